The fourth-order valence-electron chi connectivity index (χ4n) is 2.23. The van der Waals surface area contributed by atoms with Gasteiger partial charge in [-0.1, -0.05) is 11.8 Å². The van der Waals surface area contributed by atoms with Crippen molar-refractivity contribution in [3.05, 3.63) is 42.7 Å². The Bertz CT molecular complexity index is 841. The van der Waals surface area contributed by atoms with Crippen LogP contribution in [0.1, 0.15) is 12.8 Å². The van der Waals surface area contributed by atoms with Crippen LogP contribution < -0.4 is 15.8 Å². The summed E-state index contributed by atoms with van der Waals surface area (Å²) >= 11 is 0. The Balaban J connectivity index is 1.81. The monoisotopic (exact) mass is 325 g/mol. The summed E-state index contributed by atoms with van der Waals surface area (Å²) in [6, 6.07) is 7.52. The first-order valence-electron chi connectivity index (χ1n) is 7.57. The Morgan fingerprint density at radius 1 is 1.33 bits per heavy atom. The van der Waals surface area contributed by atoms with E-state index in [1.165, 1.54) is 0 Å². The van der Waals surface area contributed by atoms with Crippen LogP contribution in [0.15, 0.2) is 42.7 Å². The quantitative estimate of drug-likeness (QED) is 0.639. The van der Waals surface area contributed by atoms with Crippen molar-refractivity contribution in [1.82, 2.24) is 25.0 Å². The molecule has 0 aliphatic rings. The molecule has 0 bridgehead atoms. The third-order valence-corrected chi connectivity index (χ3v) is 3.47. The van der Waals surface area contributed by atoms with Crippen molar-refractivity contribution in [1.29, 1.82) is 0 Å². The second kappa shape index (κ2) is 6.95. The van der Waals surface area contributed by atoms with Gasteiger partial charge in [0.1, 0.15) is 5.75 Å². The van der Waals surface area contributed by atoms with Crippen molar-refractivity contribution >= 4 is 17.1 Å². The van der Waals surface area contributed by atoms with Crippen molar-refractivity contribution in [2.75, 3.05) is 19.0 Å². The molecule has 0 aliphatic carbocycles. The van der Waals surface area contributed by atoms with Gasteiger partial charge in [-0.25, -0.2) is 4.98 Å². The predicted octanol–water partition coefficient (Wildman–Crippen LogP) is 1.88. The topological polar surface area (TPSA) is 104 Å². The molecule has 0 amide bonds. The van der Waals surface area contributed by atoms with Crippen molar-refractivity contribution in [3.8, 4) is 11.4 Å². The standard InChI is InChI=1S/C16H19N7O/c1-11(17)4-3-9-18-16-19-10-14-15(20-16)23(22-21-14)12-5-7-13(24-2)8-6-12/h5-8,10H,1,3-4,9,17H2,2H3,(H,18,19,20). The summed E-state index contributed by atoms with van der Waals surface area (Å²) in [5, 5.41) is 11.4. The van der Waals surface area contributed by atoms with Crippen LogP contribution in [0.2, 0.25) is 0 Å². The summed E-state index contributed by atoms with van der Waals surface area (Å²) in [7, 11) is 1.63. The molecule has 24 heavy (non-hydrogen) atoms. The molecule has 8 heteroatoms. The highest BCUT2D eigenvalue weighted by molar-refractivity contribution is 5.71. The van der Waals surface area contributed by atoms with Gasteiger partial charge in [0.15, 0.2) is 11.2 Å². The molecule has 0 unspecified atom stereocenters. The van der Waals surface area contributed by atoms with E-state index in [4.69, 9.17) is 10.5 Å². The van der Waals surface area contributed by atoms with Gasteiger partial charge in [-0.3, -0.25) is 0 Å². The highest BCUT2D eigenvalue weighted by atomic mass is 16.5. The Kier molecular flexibility index (Phi) is 4.55. The van der Waals surface area contributed by atoms with Gasteiger partial charge in [-0.05, 0) is 37.1 Å². The fraction of sp³-hybridized carbons (Fsp3) is 0.250. The molecule has 1 aromatic carbocycles. The number of ether oxygens (including phenoxy) is 1. The summed E-state index contributed by atoms with van der Waals surface area (Å²) in [4.78, 5) is 8.75. The highest BCUT2D eigenvalue weighted by Gasteiger charge is 2.10. The molecule has 2 heterocycles. The van der Waals surface area contributed by atoms with E-state index >= 15 is 0 Å². The van der Waals surface area contributed by atoms with E-state index in [1.807, 2.05) is 24.3 Å². The van der Waals surface area contributed by atoms with Gasteiger partial charge in [0, 0.05) is 12.2 Å². The molecule has 8 nitrogen and oxygen atoms in total. The minimum Gasteiger partial charge on any atom is -0.497 e. The molecule has 124 valence electrons. The molecule has 2 aromatic heterocycles. The Labute approximate surface area is 139 Å². The van der Waals surface area contributed by atoms with Crippen molar-refractivity contribution in [2.24, 2.45) is 5.73 Å². The Hall–Kier alpha value is -3.16. The smallest absolute Gasteiger partial charge is 0.224 e. The zero-order chi connectivity index (χ0) is 16.9. The minimum atomic E-state index is 0.530. The van der Waals surface area contributed by atoms with E-state index in [9.17, 15) is 0 Å². The molecule has 0 fully saturated rings. The minimum absolute atomic E-state index is 0.530. The zero-order valence-electron chi connectivity index (χ0n) is 13.4. The fourth-order valence-corrected chi connectivity index (χ4v) is 2.23. The lowest BCUT2D eigenvalue weighted by Gasteiger charge is -2.06. The van der Waals surface area contributed by atoms with E-state index in [1.54, 1.807) is 18.0 Å². The van der Waals surface area contributed by atoms with Crippen LogP contribution in [0, 0.1) is 0 Å². The molecule has 0 radical (unpaired) electrons. The van der Waals surface area contributed by atoms with Gasteiger partial charge in [-0.2, -0.15) is 9.67 Å². The normalized spacial score (nSPS) is 10.7. The summed E-state index contributed by atoms with van der Waals surface area (Å²) in [5.74, 6) is 1.31. The van der Waals surface area contributed by atoms with Crippen LogP contribution in [0.4, 0.5) is 5.95 Å². The maximum Gasteiger partial charge on any atom is 0.224 e. The van der Waals surface area contributed by atoms with Crippen LogP contribution in [-0.2, 0) is 0 Å². The van der Waals surface area contributed by atoms with Crippen molar-refractivity contribution in [3.63, 3.8) is 0 Å². The number of allylic oxidation sites excluding steroid dienone is 1. The van der Waals surface area contributed by atoms with E-state index in [0.29, 0.717) is 29.4 Å². The second-order valence-corrected chi connectivity index (χ2v) is 5.29. The first-order valence-corrected chi connectivity index (χ1v) is 7.57. The second-order valence-electron chi connectivity index (χ2n) is 5.29. The number of hydrogen-bond acceptors (Lipinski definition) is 7. The number of rotatable bonds is 7. The van der Waals surface area contributed by atoms with Gasteiger partial charge in [-0.15, -0.1) is 5.10 Å². The van der Waals surface area contributed by atoms with Gasteiger partial charge in [0.05, 0.1) is 19.0 Å². The maximum absolute atomic E-state index is 5.56. The molecular formula is C16H19N7O. The van der Waals surface area contributed by atoms with Crippen molar-refractivity contribution < 1.29 is 4.74 Å². The van der Waals surface area contributed by atoms with Gasteiger partial charge >= 0.3 is 0 Å². The van der Waals surface area contributed by atoms with Crippen LogP contribution in [0.3, 0.4) is 0 Å². The van der Waals surface area contributed by atoms with E-state index in [2.05, 4.69) is 32.2 Å². The zero-order valence-corrected chi connectivity index (χ0v) is 13.4. The molecule has 0 aliphatic heterocycles. The Morgan fingerprint density at radius 2 is 2.12 bits per heavy atom. The number of anilines is 1. The third kappa shape index (κ3) is 3.43. The van der Waals surface area contributed by atoms with E-state index in [0.717, 1.165) is 24.3 Å². The lowest BCUT2D eigenvalue weighted by Crippen LogP contribution is -2.07. The SMILES string of the molecule is C=C(N)CCCNc1ncc2nnn(-c3ccc(OC)cc3)c2n1. The highest BCUT2D eigenvalue weighted by Crippen LogP contribution is 2.18. The number of aromatic nitrogens is 5. The third-order valence-electron chi connectivity index (χ3n) is 3.47. The molecular weight excluding hydrogens is 306 g/mol. The van der Waals surface area contributed by atoms with Gasteiger partial charge in [0.2, 0.25) is 5.95 Å². The van der Waals surface area contributed by atoms with Crippen LogP contribution in [0.25, 0.3) is 16.9 Å². The number of nitrogens with zero attached hydrogens (tertiary/aromatic N) is 5. The van der Waals surface area contributed by atoms with Gasteiger partial charge < -0.3 is 15.8 Å². The lowest BCUT2D eigenvalue weighted by atomic mass is 10.2. The summed E-state index contributed by atoms with van der Waals surface area (Å²) < 4.78 is 6.84. The summed E-state index contributed by atoms with van der Waals surface area (Å²) in [5.41, 5.74) is 8.35. The number of methoxy groups -OCH3 is 1. The molecule has 3 rings (SSSR count). The molecule has 0 saturated carbocycles. The maximum atomic E-state index is 5.56. The predicted molar refractivity (Wildman–Crippen MR) is 92.1 cm³/mol. The summed E-state index contributed by atoms with van der Waals surface area (Å²) in [6.45, 7) is 4.40. The molecule has 3 N–H and O–H groups in total. The first kappa shape index (κ1) is 15.7. The summed E-state index contributed by atoms with van der Waals surface area (Å²) in [6.07, 6.45) is 3.28. The first-order chi connectivity index (χ1) is 11.7. The van der Waals surface area contributed by atoms with Crippen LogP contribution >= 0.6 is 0 Å². The number of hydrogen-bond donors (Lipinski definition) is 2. The largest absolute Gasteiger partial charge is 0.497 e. The Morgan fingerprint density at radius 3 is 2.83 bits per heavy atom. The average Bonchev–Trinajstić information content (AvgIpc) is 3.02. The molecule has 3 aromatic rings. The number of nitrogens with two attached hydrogens (primary N) is 1. The van der Waals surface area contributed by atoms with Crippen LogP contribution in [0.5, 0.6) is 5.75 Å². The number of benzene rings is 1. The van der Waals surface area contributed by atoms with E-state index < -0.39 is 0 Å². The molecule has 0 saturated heterocycles. The lowest BCUT2D eigenvalue weighted by molar-refractivity contribution is 0.414. The number of nitrogens with one attached hydrogen (secondary N) is 1. The van der Waals surface area contributed by atoms with Gasteiger partial charge in [0.25, 0.3) is 0 Å². The van der Waals surface area contributed by atoms with Crippen LogP contribution in [-0.4, -0.2) is 38.6 Å². The average molecular weight is 325 g/mol. The number of fused-ring (bicyclic) bond motifs is 1. The van der Waals surface area contributed by atoms with E-state index in [-0.39, 0.29) is 0 Å². The van der Waals surface area contributed by atoms with Crippen molar-refractivity contribution in [2.45, 2.75) is 12.8 Å². The molecule has 0 spiro atoms. The molecule has 0 atom stereocenters.